The van der Waals surface area contributed by atoms with Gasteiger partial charge in [-0.25, -0.2) is 0 Å². The Morgan fingerprint density at radius 1 is 0.667 bits per heavy atom. The molecule has 1 aromatic carbocycles. The third-order valence-corrected chi connectivity index (χ3v) is 4.87. The third-order valence-electron chi connectivity index (χ3n) is 4.87. The van der Waals surface area contributed by atoms with Crippen molar-refractivity contribution in [1.29, 1.82) is 0 Å². The minimum atomic E-state index is 0.378. The Kier molecular flexibility index (Phi) is 3.86. The van der Waals surface area contributed by atoms with Crippen molar-refractivity contribution in [2.24, 2.45) is 0 Å². The summed E-state index contributed by atoms with van der Waals surface area (Å²) in [5.74, 6) is 0. The van der Waals surface area contributed by atoms with Crippen molar-refractivity contribution in [2.75, 3.05) is 62.4 Å². The molecule has 4 atom stereocenters. The molecule has 4 saturated heterocycles. The number of hydrogen-bond donors (Lipinski definition) is 0. The van der Waals surface area contributed by atoms with Gasteiger partial charge >= 0.3 is 0 Å². The molecule has 0 saturated carbocycles. The van der Waals surface area contributed by atoms with Gasteiger partial charge in [0.25, 0.3) is 0 Å². The van der Waals surface area contributed by atoms with Gasteiger partial charge in [-0.3, -0.25) is 0 Å². The highest BCUT2D eigenvalue weighted by Crippen LogP contribution is 2.28. The highest BCUT2D eigenvalue weighted by Gasteiger charge is 2.33. The summed E-state index contributed by atoms with van der Waals surface area (Å²) in [6, 6.07) is 8.81. The SMILES string of the molecule is c1cc(N(CC2CO2)CC2CO2)cc(N(CC2CO2)CC2CO2)c1. The molecule has 0 N–H and O–H groups in total. The van der Waals surface area contributed by atoms with Gasteiger partial charge in [-0.15, -0.1) is 0 Å². The predicted octanol–water partition coefficient (Wildman–Crippen LogP) is 0.895. The van der Waals surface area contributed by atoms with Crippen LogP contribution in [0.3, 0.4) is 0 Å². The van der Waals surface area contributed by atoms with E-state index in [0.29, 0.717) is 24.4 Å². The van der Waals surface area contributed by atoms with E-state index in [-0.39, 0.29) is 0 Å². The number of ether oxygens (including phenoxy) is 4. The fourth-order valence-electron chi connectivity index (χ4n) is 3.13. The zero-order valence-electron chi connectivity index (χ0n) is 13.8. The number of benzene rings is 1. The first-order valence-corrected chi connectivity index (χ1v) is 8.90. The van der Waals surface area contributed by atoms with E-state index in [1.807, 2.05) is 0 Å². The van der Waals surface area contributed by atoms with Crippen molar-refractivity contribution in [2.45, 2.75) is 24.4 Å². The summed E-state index contributed by atoms with van der Waals surface area (Å²) < 4.78 is 21.7. The summed E-state index contributed by atoms with van der Waals surface area (Å²) in [6.45, 7) is 7.30. The Labute approximate surface area is 142 Å². The van der Waals surface area contributed by atoms with Crippen molar-refractivity contribution >= 4 is 11.4 Å². The molecule has 4 aliphatic rings. The lowest BCUT2D eigenvalue weighted by atomic mass is 10.2. The molecule has 6 nitrogen and oxygen atoms in total. The molecular formula is C18H24N2O4. The van der Waals surface area contributed by atoms with Crippen LogP contribution in [0.25, 0.3) is 0 Å². The van der Waals surface area contributed by atoms with E-state index in [4.69, 9.17) is 18.9 Å². The van der Waals surface area contributed by atoms with E-state index in [1.54, 1.807) is 0 Å². The number of rotatable bonds is 10. The van der Waals surface area contributed by atoms with Crippen LogP contribution in [0, 0.1) is 0 Å². The molecule has 4 fully saturated rings. The van der Waals surface area contributed by atoms with Crippen LogP contribution >= 0.6 is 0 Å². The van der Waals surface area contributed by atoms with Gasteiger partial charge < -0.3 is 28.7 Å². The minimum Gasteiger partial charge on any atom is -0.371 e. The molecule has 6 heteroatoms. The lowest BCUT2D eigenvalue weighted by Gasteiger charge is -2.27. The average molecular weight is 332 g/mol. The highest BCUT2D eigenvalue weighted by molar-refractivity contribution is 5.60. The molecule has 5 rings (SSSR count). The van der Waals surface area contributed by atoms with Crippen LogP contribution in [-0.4, -0.2) is 77.0 Å². The number of epoxide rings is 4. The Bertz CT molecular complexity index is 507. The van der Waals surface area contributed by atoms with Crippen molar-refractivity contribution in [3.05, 3.63) is 24.3 Å². The normalized spacial score (nSPS) is 32.3. The first-order chi connectivity index (χ1) is 11.8. The van der Waals surface area contributed by atoms with Gasteiger partial charge in [-0.05, 0) is 18.2 Å². The van der Waals surface area contributed by atoms with Gasteiger partial charge in [-0.2, -0.15) is 0 Å². The van der Waals surface area contributed by atoms with E-state index in [0.717, 1.165) is 52.6 Å². The highest BCUT2D eigenvalue weighted by atomic mass is 16.6. The second-order valence-electron chi connectivity index (χ2n) is 7.15. The van der Waals surface area contributed by atoms with Crippen LogP contribution in [0.5, 0.6) is 0 Å². The third kappa shape index (κ3) is 4.00. The van der Waals surface area contributed by atoms with Crippen LogP contribution in [0.1, 0.15) is 0 Å². The van der Waals surface area contributed by atoms with E-state index < -0.39 is 0 Å². The minimum absolute atomic E-state index is 0.378. The first kappa shape index (κ1) is 15.0. The van der Waals surface area contributed by atoms with Crippen LogP contribution < -0.4 is 9.80 Å². The summed E-state index contributed by atoms with van der Waals surface area (Å²) in [5, 5.41) is 0. The molecule has 4 heterocycles. The number of anilines is 2. The summed E-state index contributed by atoms with van der Waals surface area (Å²) in [6.07, 6.45) is 1.51. The maximum Gasteiger partial charge on any atom is 0.0984 e. The maximum absolute atomic E-state index is 5.44. The van der Waals surface area contributed by atoms with Crippen LogP contribution in [-0.2, 0) is 18.9 Å². The summed E-state index contributed by atoms with van der Waals surface area (Å²) in [7, 11) is 0. The van der Waals surface area contributed by atoms with Gasteiger partial charge in [0.15, 0.2) is 0 Å². The molecule has 0 radical (unpaired) electrons. The van der Waals surface area contributed by atoms with Crippen molar-refractivity contribution < 1.29 is 18.9 Å². The standard InChI is InChI=1S/C18H24N2O4/c1-2-13(19(5-15-9-21-15)6-16-10-22-16)4-14(3-1)20(7-17-11-23-17)8-18-12-24-18/h1-4,15-18H,5-12H2. The topological polar surface area (TPSA) is 56.6 Å². The maximum atomic E-state index is 5.44. The molecule has 0 aliphatic carbocycles. The average Bonchev–Trinajstić information content (AvgIpc) is 3.45. The molecule has 4 aliphatic heterocycles. The first-order valence-electron chi connectivity index (χ1n) is 8.90. The summed E-state index contributed by atoms with van der Waals surface area (Å²) in [5.41, 5.74) is 2.49. The second-order valence-corrected chi connectivity index (χ2v) is 7.15. The molecule has 0 aromatic heterocycles. The fourth-order valence-corrected chi connectivity index (χ4v) is 3.13. The van der Waals surface area contributed by atoms with Gasteiger partial charge in [-0.1, -0.05) is 6.07 Å². The smallest absolute Gasteiger partial charge is 0.0984 e. The van der Waals surface area contributed by atoms with Crippen LogP contribution in [0.15, 0.2) is 24.3 Å². The summed E-state index contributed by atoms with van der Waals surface area (Å²) in [4.78, 5) is 4.80. The quantitative estimate of drug-likeness (QED) is 0.593. The van der Waals surface area contributed by atoms with Crippen LogP contribution in [0.2, 0.25) is 0 Å². The van der Waals surface area contributed by atoms with Crippen LogP contribution in [0.4, 0.5) is 11.4 Å². The van der Waals surface area contributed by atoms with Gasteiger partial charge in [0.1, 0.15) is 0 Å². The molecule has 24 heavy (non-hydrogen) atoms. The van der Waals surface area contributed by atoms with E-state index in [2.05, 4.69) is 34.1 Å². The van der Waals surface area contributed by atoms with Gasteiger partial charge in [0.2, 0.25) is 0 Å². The Balaban J connectivity index is 1.33. The Hall–Kier alpha value is -1.34. The molecule has 130 valence electrons. The van der Waals surface area contributed by atoms with Crippen molar-refractivity contribution in [1.82, 2.24) is 0 Å². The molecular weight excluding hydrogens is 308 g/mol. The largest absolute Gasteiger partial charge is 0.371 e. The lowest BCUT2D eigenvalue weighted by Crippen LogP contribution is -2.33. The van der Waals surface area contributed by atoms with E-state index >= 15 is 0 Å². The Morgan fingerprint density at radius 3 is 1.29 bits per heavy atom. The van der Waals surface area contributed by atoms with Gasteiger partial charge in [0.05, 0.1) is 50.8 Å². The number of hydrogen-bond acceptors (Lipinski definition) is 6. The van der Waals surface area contributed by atoms with Gasteiger partial charge in [0, 0.05) is 37.6 Å². The van der Waals surface area contributed by atoms with Crippen molar-refractivity contribution in [3.8, 4) is 0 Å². The molecule has 4 unspecified atom stereocenters. The second kappa shape index (κ2) is 6.19. The zero-order chi connectivity index (χ0) is 15.9. The molecule has 0 spiro atoms. The molecule has 0 amide bonds. The zero-order valence-corrected chi connectivity index (χ0v) is 13.8. The van der Waals surface area contributed by atoms with E-state index in [9.17, 15) is 0 Å². The predicted molar refractivity (Wildman–Crippen MR) is 89.8 cm³/mol. The fraction of sp³-hybridized carbons (Fsp3) is 0.667. The monoisotopic (exact) mass is 332 g/mol. The van der Waals surface area contributed by atoms with Crippen molar-refractivity contribution in [3.63, 3.8) is 0 Å². The molecule has 1 aromatic rings. The summed E-state index contributed by atoms with van der Waals surface area (Å²) >= 11 is 0. The lowest BCUT2D eigenvalue weighted by molar-refractivity contribution is 0.388. The van der Waals surface area contributed by atoms with E-state index in [1.165, 1.54) is 11.4 Å². The number of nitrogens with zero attached hydrogens (tertiary/aromatic N) is 2. The Morgan fingerprint density at radius 2 is 1.00 bits per heavy atom. The molecule has 0 bridgehead atoms.